The molecule has 0 aliphatic heterocycles. The van der Waals surface area contributed by atoms with E-state index in [9.17, 15) is 14.7 Å². The van der Waals surface area contributed by atoms with Crippen molar-refractivity contribution in [3.63, 3.8) is 0 Å². The van der Waals surface area contributed by atoms with Crippen LogP contribution < -0.4 is 5.56 Å². The number of aryl methyl sites for hydroxylation is 2. The van der Waals surface area contributed by atoms with Crippen LogP contribution >= 0.6 is 11.8 Å². The molecular weight excluding hydrogens is 460 g/mol. The molecule has 3 aromatic carbocycles. The van der Waals surface area contributed by atoms with Gasteiger partial charge in [-0.25, -0.2) is 14.8 Å². The molecule has 0 aliphatic rings. The summed E-state index contributed by atoms with van der Waals surface area (Å²) in [6.07, 6.45) is 0. The van der Waals surface area contributed by atoms with Crippen LogP contribution in [0, 0.1) is 13.8 Å². The second-order valence-electron chi connectivity index (χ2n) is 8.34. The van der Waals surface area contributed by atoms with Crippen molar-refractivity contribution >= 4 is 28.6 Å². The van der Waals surface area contributed by atoms with Crippen LogP contribution in [0.5, 0.6) is 0 Å². The standard InChI is InChI=1S/C27H22N4O3S/c1-15-3-7-17(8-4-15)23-24(18-9-5-16(2)6-10-18)31-27(30-23)35-14-22-28-21-13-19(26(33)34)11-12-20(21)25(32)29-22/h3-13H,14H2,1-2H3,(H,30,31)(H,33,34)(H,28,29,32). The first-order valence-corrected chi connectivity index (χ1v) is 12.0. The van der Waals surface area contributed by atoms with Gasteiger partial charge in [-0.1, -0.05) is 71.4 Å². The van der Waals surface area contributed by atoms with Gasteiger partial charge in [-0.15, -0.1) is 0 Å². The van der Waals surface area contributed by atoms with E-state index in [4.69, 9.17) is 4.98 Å². The molecule has 35 heavy (non-hydrogen) atoms. The molecule has 0 saturated carbocycles. The minimum atomic E-state index is -1.06. The van der Waals surface area contributed by atoms with Gasteiger partial charge in [0, 0.05) is 11.1 Å². The molecule has 2 aromatic heterocycles. The van der Waals surface area contributed by atoms with Crippen molar-refractivity contribution in [3.8, 4) is 22.5 Å². The number of benzene rings is 3. The van der Waals surface area contributed by atoms with Crippen LogP contribution in [0.3, 0.4) is 0 Å². The predicted molar refractivity (Wildman–Crippen MR) is 138 cm³/mol. The predicted octanol–water partition coefficient (Wildman–Crippen LogP) is 5.59. The zero-order valence-corrected chi connectivity index (χ0v) is 19.9. The summed E-state index contributed by atoms with van der Waals surface area (Å²) in [7, 11) is 0. The Hall–Kier alpha value is -4.17. The smallest absolute Gasteiger partial charge is 0.335 e. The number of hydrogen-bond donors (Lipinski definition) is 3. The number of carboxylic acids is 1. The van der Waals surface area contributed by atoms with E-state index in [0.29, 0.717) is 27.6 Å². The molecule has 0 amide bonds. The van der Waals surface area contributed by atoms with Gasteiger partial charge >= 0.3 is 5.97 Å². The minimum absolute atomic E-state index is 0.0886. The fraction of sp³-hybridized carbons (Fsp3) is 0.111. The third-order valence-corrected chi connectivity index (χ3v) is 6.58. The summed E-state index contributed by atoms with van der Waals surface area (Å²) >= 11 is 1.42. The molecular formula is C27H22N4O3S. The fourth-order valence-corrected chi connectivity index (χ4v) is 4.54. The summed E-state index contributed by atoms with van der Waals surface area (Å²) in [5.74, 6) is -0.260. The summed E-state index contributed by atoms with van der Waals surface area (Å²) in [4.78, 5) is 39.4. The largest absolute Gasteiger partial charge is 0.478 e. The third kappa shape index (κ3) is 4.74. The van der Waals surface area contributed by atoms with Crippen molar-refractivity contribution in [2.75, 3.05) is 0 Å². The number of carboxylic acid groups (broad SMARTS) is 1. The van der Waals surface area contributed by atoms with E-state index < -0.39 is 5.97 Å². The van der Waals surface area contributed by atoms with Gasteiger partial charge in [-0.3, -0.25) is 4.79 Å². The number of aromatic carboxylic acids is 1. The Labute approximate surface area is 205 Å². The molecule has 5 rings (SSSR count). The molecule has 2 heterocycles. The van der Waals surface area contributed by atoms with Gasteiger partial charge in [0.2, 0.25) is 0 Å². The number of aromatic nitrogens is 4. The molecule has 0 saturated heterocycles. The molecule has 0 bridgehead atoms. The first kappa shape index (κ1) is 22.6. The first-order chi connectivity index (χ1) is 16.9. The number of nitrogens with one attached hydrogen (secondary N) is 2. The lowest BCUT2D eigenvalue weighted by molar-refractivity contribution is 0.0697. The lowest BCUT2D eigenvalue weighted by atomic mass is 10.0. The van der Waals surface area contributed by atoms with Crippen LogP contribution in [0.15, 0.2) is 76.7 Å². The number of rotatable bonds is 6. The number of hydrogen-bond acceptors (Lipinski definition) is 5. The average Bonchev–Trinajstić information content (AvgIpc) is 3.27. The van der Waals surface area contributed by atoms with Gasteiger partial charge in [0.15, 0.2) is 5.16 Å². The summed E-state index contributed by atoms with van der Waals surface area (Å²) in [6.45, 7) is 4.10. The van der Waals surface area contributed by atoms with Gasteiger partial charge < -0.3 is 15.1 Å². The molecule has 3 N–H and O–H groups in total. The second kappa shape index (κ2) is 9.23. The van der Waals surface area contributed by atoms with Crippen LogP contribution in [-0.4, -0.2) is 31.0 Å². The van der Waals surface area contributed by atoms with E-state index in [1.807, 2.05) is 6.92 Å². The maximum absolute atomic E-state index is 12.5. The summed E-state index contributed by atoms with van der Waals surface area (Å²) in [6, 6.07) is 20.8. The van der Waals surface area contributed by atoms with Crippen molar-refractivity contribution in [2.24, 2.45) is 0 Å². The van der Waals surface area contributed by atoms with Crippen LogP contribution in [0.2, 0.25) is 0 Å². The normalized spacial score (nSPS) is 11.1. The Balaban J connectivity index is 1.48. The van der Waals surface area contributed by atoms with E-state index in [1.165, 1.54) is 41.1 Å². The number of nitrogens with zero attached hydrogens (tertiary/aromatic N) is 2. The molecule has 0 atom stereocenters. The van der Waals surface area contributed by atoms with Crippen LogP contribution in [-0.2, 0) is 5.75 Å². The molecule has 174 valence electrons. The van der Waals surface area contributed by atoms with Crippen LogP contribution in [0.4, 0.5) is 0 Å². The molecule has 0 unspecified atom stereocenters. The molecule has 7 nitrogen and oxygen atoms in total. The van der Waals surface area contributed by atoms with Crippen molar-refractivity contribution in [2.45, 2.75) is 24.8 Å². The quantitative estimate of drug-likeness (QED) is 0.272. The number of fused-ring (bicyclic) bond motifs is 1. The zero-order chi connectivity index (χ0) is 24.5. The Morgan fingerprint density at radius 3 is 2.20 bits per heavy atom. The highest BCUT2D eigenvalue weighted by atomic mass is 32.2. The molecule has 0 radical (unpaired) electrons. The minimum Gasteiger partial charge on any atom is -0.478 e. The number of aromatic amines is 2. The summed E-state index contributed by atoms with van der Waals surface area (Å²) in [5, 5.41) is 10.3. The summed E-state index contributed by atoms with van der Waals surface area (Å²) < 4.78 is 0. The first-order valence-electron chi connectivity index (χ1n) is 11.0. The number of imidazole rings is 1. The molecule has 8 heteroatoms. The Bertz CT molecular complexity index is 1540. The zero-order valence-electron chi connectivity index (χ0n) is 19.1. The van der Waals surface area contributed by atoms with Crippen LogP contribution in [0.25, 0.3) is 33.4 Å². The van der Waals surface area contributed by atoms with E-state index in [1.54, 1.807) is 0 Å². The molecule has 5 aromatic rings. The van der Waals surface area contributed by atoms with Gasteiger partial charge in [-0.2, -0.15) is 0 Å². The van der Waals surface area contributed by atoms with Gasteiger partial charge in [0.25, 0.3) is 5.56 Å². The SMILES string of the molecule is Cc1ccc(-c2nc(SCc3nc4cc(C(=O)O)ccc4c(=O)[nH]3)[nH]c2-c2ccc(C)cc2)cc1. The third-order valence-electron chi connectivity index (χ3n) is 5.70. The Morgan fingerprint density at radius 2 is 1.54 bits per heavy atom. The Morgan fingerprint density at radius 1 is 0.886 bits per heavy atom. The van der Waals surface area contributed by atoms with E-state index >= 15 is 0 Å². The summed E-state index contributed by atoms with van der Waals surface area (Å²) in [5.41, 5.74) is 6.30. The molecule has 0 spiro atoms. The Kier molecular flexibility index (Phi) is 5.96. The topological polar surface area (TPSA) is 112 Å². The molecule has 0 fully saturated rings. The molecule has 0 aliphatic carbocycles. The van der Waals surface area contributed by atoms with Crippen molar-refractivity contribution in [3.05, 3.63) is 99.6 Å². The highest BCUT2D eigenvalue weighted by Crippen LogP contribution is 2.33. The van der Waals surface area contributed by atoms with Crippen molar-refractivity contribution < 1.29 is 9.90 Å². The highest BCUT2D eigenvalue weighted by Gasteiger charge is 2.16. The lowest BCUT2D eigenvalue weighted by Gasteiger charge is -2.04. The highest BCUT2D eigenvalue weighted by molar-refractivity contribution is 7.98. The van der Waals surface area contributed by atoms with Gasteiger partial charge in [-0.05, 0) is 32.0 Å². The second-order valence-corrected chi connectivity index (χ2v) is 9.30. The van der Waals surface area contributed by atoms with E-state index in [-0.39, 0.29) is 11.1 Å². The number of carbonyl (C=O) groups is 1. The van der Waals surface area contributed by atoms with Crippen molar-refractivity contribution in [1.29, 1.82) is 0 Å². The maximum Gasteiger partial charge on any atom is 0.335 e. The van der Waals surface area contributed by atoms with E-state index in [0.717, 1.165) is 22.5 Å². The maximum atomic E-state index is 12.5. The van der Waals surface area contributed by atoms with Gasteiger partial charge in [0.1, 0.15) is 5.82 Å². The monoisotopic (exact) mass is 482 g/mol. The van der Waals surface area contributed by atoms with Crippen molar-refractivity contribution in [1.82, 2.24) is 19.9 Å². The van der Waals surface area contributed by atoms with Crippen LogP contribution in [0.1, 0.15) is 27.3 Å². The van der Waals surface area contributed by atoms with Gasteiger partial charge in [0.05, 0.1) is 33.6 Å². The number of thioether (sulfide) groups is 1. The van der Waals surface area contributed by atoms with E-state index in [2.05, 4.69) is 70.4 Å². The lowest BCUT2D eigenvalue weighted by Crippen LogP contribution is -2.12. The number of H-pyrrole nitrogens is 2. The fourth-order valence-electron chi connectivity index (χ4n) is 3.80. The average molecular weight is 483 g/mol.